The zero-order valence-corrected chi connectivity index (χ0v) is 50.2. The van der Waals surface area contributed by atoms with Crippen molar-refractivity contribution in [2.24, 2.45) is 34.0 Å². The Morgan fingerprint density at radius 3 is 1.81 bits per heavy atom. The normalized spacial score (nSPS) is 23.9. The van der Waals surface area contributed by atoms with Crippen LogP contribution in [0, 0.1) is 11.8 Å². The molecule has 11 amide bonds. The number of amides is 11. The first-order chi connectivity index (χ1) is 40.6. The number of aliphatic hydroxyl groups excluding tert-OH is 1. The lowest BCUT2D eigenvalue weighted by Gasteiger charge is -2.28. The van der Waals surface area contributed by atoms with Crippen LogP contribution in [-0.2, 0) is 76.9 Å². The zero-order chi connectivity index (χ0) is 64.2. The standard InChI is InChI=1S/C54H85N17O14S/c1-27(2)18-37-46(78)60-24-32-11-8-10-31(20-32)21-42(74)69-44(30(6)72)53(85)65-35(13-14-43(75)76)49(81)63-34(12-9-16-59-54(56)57)48(80)64-36(15-17-86-7)47(79)62-29(5)45(77)71-70-40(19-28(3)4)52(84)67-38(22-33-25-58-26-61-33)50(82)68-39(23-41(55)73)51(83)66-37/h8,10-11,20,25-30,34-40,44,70,72H,9,12-19,21-24H2,1-7H3,(H2,55,73)(H,58,61)(H,60,78)(H,62,79)(H,63,81)(H,64,80)(H,65,85)(H,66,83)(H,67,84)(H,68,82)(H,69,74)(H,71,77)(H,75,76)(H4,56,57,59)/t29-,30+,34-,35-,36-,37-,38-,39-,40-,44-/m0/s1. The number of benzene rings is 1. The Morgan fingerprint density at radius 1 is 0.674 bits per heavy atom. The highest BCUT2D eigenvalue weighted by atomic mass is 32.2. The van der Waals surface area contributed by atoms with E-state index >= 15 is 0 Å². The van der Waals surface area contributed by atoms with Crippen LogP contribution in [0.25, 0.3) is 0 Å². The average Bonchev–Trinajstić information content (AvgIpc) is 3.78. The zero-order valence-electron chi connectivity index (χ0n) is 49.4. The number of nitrogens with one attached hydrogen (secondary N) is 12. The number of carboxylic acid groups (broad SMARTS) is 1. The van der Waals surface area contributed by atoms with Gasteiger partial charge in [0.05, 0.1) is 25.3 Å². The summed E-state index contributed by atoms with van der Waals surface area (Å²) < 4.78 is 0. The number of rotatable bonds is 19. The fourth-order valence-electron chi connectivity index (χ4n) is 8.70. The van der Waals surface area contributed by atoms with E-state index in [-0.39, 0.29) is 75.8 Å². The molecule has 86 heavy (non-hydrogen) atoms. The van der Waals surface area contributed by atoms with E-state index in [9.17, 15) is 67.7 Å². The number of primary amides is 1. The van der Waals surface area contributed by atoms with Crippen molar-refractivity contribution in [3.63, 3.8) is 0 Å². The van der Waals surface area contributed by atoms with Gasteiger partial charge in [0, 0.05) is 37.8 Å². The summed E-state index contributed by atoms with van der Waals surface area (Å²) in [5.74, 6) is -11.6. The van der Waals surface area contributed by atoms with Crippen molar-refractivity contribution in [1.29, 1.82) is 0 Å². The van der Waals surface area contributed by atoms with Gasteiger partial charge in [-0.3, -0.25) is 68.0 Å². The lowest BCUT2D eigenvalue weighted by Crippen LogP contribution is -2.61. The Morgan fingerprint density at radius 2 is 1.22 bits per heavy atom. The first kappa shape index (κ1) is 71.9. The van der Waals surface area contributed by atoms with Crippen molar-refractivity contribution < 1.29 is 67.7 Å². The fraction of sp³-hybridized carbons (Fsp3) is 0.593. The molecule has 10 atom stereocenters. The molecule has 1 aliphatic rings. The van der Waals surface area contributed by atoms with Gasteiger partial charge >= 0.3 is 5.97 Å². The minimum atomic E-state index is -1.71. The highest BCUT2D eigenvalue weighted by molar-refractivity contribution is 7.98. The third-order valence-corrected chi connectivity index (χ3v) is 13.8. The molecule has 476 valence electrons. The molecule has 0 saturated heterocycles. The Bertz CT molecular complexity index is 2690. The van der Waals surface area contributed by atoms with Gasteiger partial charge in [-0.1, -0.05) is 52.0 Å². The number of nitrogens with zero attached hydrogens (tertiary/aromatic N) is 2. The molecule has 20 N–H and O–H groups in total. The molecule has 2 aromatic rings. The summed E-state index contributed by atoms with van der Waals surface area (Å²) in [6.45, 7) is 9.51. The second-order valence-corrected chi connectivity index (χ2v) is 22.6. The number of hydrogen-bond acceptors (Lipinski definition) is 17. The quantitative estimate of drug-likeness (QED) is 0.0360. The van der Waals surface area contributed by atoms with E-state index in [1.54, 1.807) is 58.2 Å². The van der Waals surface area contributed by atoms with Gasteiger partial charge in [-0.25, -0.2) is 10.4 Å². The number of nitrogens with two attached hydrogens (primary N) is 3. The van der Waals surface area contributed by atoms with Crippen LogP contribution in [0.3, 0.4) is 0 Å². The molecular weight excluding hydrogens is 1140 g/mol. The SMILES string of the molecule is CSCC[C@@H]1NC(=O)[C@H](CCCN=C(N)N)NC(=O)[C@H](CCC(=O)O)NC(=O)[C@H]([C@@H](C)O)NC(=O)Cc2cccc(c2)CNC(=O)[C@H](CC(C)C)NC(=O)[C@H](CC(N)=O)NC(=O)[C@H](Cc2cnc[nH]2)NC(=O)[C@H](CC(C)C)NNC(=O)[C@H](C)NC1=O. The summed E-state index contributed by atoms with van der Waals surface area (Å²) >= 11 is 1.32. The van der Waals surface area contributed by atoms with Crippen LogP contribution < -0.4 is 75.9 Å². The summed E-state index contributed by atoms with van der Waals surface area (Å²) in [5.41, 5.74) is 22.9. The van der Waals surface area contributed by atoms with Crippen LogP contribution in [-0.4, -0.2) is 176 Å². The van der Waals surface area contributed by atoms with E-state index in [1.165, 1.54) is 38.1 Å². The Balaban J connectivity index is 2.14. The summed E-state index contributed by atoms with van der Waals surface area (Å²) in [4.78, 5) is 175. The first-order valence-electron chi connectivity index (χ1n) is 28.1. The van der Waals surface area contributed by atoms with E-state index in [4.69, 9.17) is 17.2 Å². The molecule has 1 aromatic carbocycles. The number of fused-ring (bicyclic) bond motifs is 2. The van der Waals surface area contributed by atoms with E-state index in [0.717, 1.165) is 0 Å². The molecule has 1 aliphatic heterocycles. The predicted octanol–water partition coefficient (Wildman–Crippen LogP) is -4.27. The van der Waals surface area contributed by atoms with Crippen LogP contribution in [0.5, 0.6) is 0 Å². The number of aliphatic imine (C=N–C) groups is 1. The maximum absolute atomic E-state index is 14.2. The molecule has 2 bridgehead atoms. The largest absolute Gasteiger partial charge is 0.481 e. The maximum atomic E-state index is 14.2. The average molecular weight is 1230 g/mol. The van der Waals surface area contributed by atoms with Crippen LogP contribution >= 0.6 is 11.8 Å². The summed E-state index contributed by atoms with van der Waals surface area (Å²) in [6, 6.07) is -6.76. The van der Waals surface area contributed by atoms with Crippen LogP contribution in [0.4, 0.5) is 0 Å². The Labute approximate surface area is 502 Å². The van der Waals surface area contributed by atoms with Crippen LogP contribution in [0.15, 0.2) is 41.8 Å². The van der Waals surface area contributed by atoms with Crippen molar-refractivity contribution in [3.05, 3.63) is 53.6 Å². The number of aliphatic carboxylic acids is 1. The predicted molar refractivity (Wildman–Crippen MR) is 315 cm³/mol. The van der Waals surface area contributed by atoms with Crippen molar-refractivity contribution in [3.8, 4) is 0 Å². The summed E-state index contributed by atoms with van der Waals surface area (Å²) in [7, 11) is 0. The molecule has 0 aliphatic carbocycles. The molecule has 0 fully saturated rings. The lowest BCUT2D eigenvalue weighted by molar-refractivity contribution is -0.139. The number of carbonyl (C=O) groups excluding carboxylic acids is 11. The first-order valence-corrected chi connectivity index (χ1v) is 29.5. The van der Waals surface area contributed by atoms with E-state index in [2.05, 4.69) is 73.7 Å². The third-order valence-electron chi connectivity index (χ3n) is 13.1. The number of hydrazine groups is 1. The highest BCUT2D eigenvalue weighted by Crippen LogP contribution is 2.13. The molecule has 31 nitrogen and oxygen atoms in total. The second-order valence-electron chi connectivity index (χ2n) is 21.7. The Hall–Kier alpha value is -8.39. The molecule has 0 spiro atoms. The number of hydrogen-bond donors (Lipinski definition) is 17. The van der Waals surface area contributed by atoms with Gasteiger partial charge in [0.15, 0.2) is 5.96 Å². The smallest absolute Gasteiger partial charge is 0.303 e. The van der Waals surface area contributed by atoms with Gasteiger partial charge in [-0.05, 0) is 87.3 Å². The summed E-state index contributed by atoms with van der Waals surface area (Å²) in [5, 5.41) is 43.4. The number of carboxylic acids is 1. The fourth-order valence-corrected chi connectivity index (χ4v) is 9.17. The van der Waals surface area contributed by atoms with Crippen molar-refractivity contribution >= 4 is 88.7 Å². The number of aromatic nitrogens is 2. The van der Waals surface area contributed by atoms with Crippen LogP contribution in [0.2, 0.25) is 0 Å². The molecule has 32 heteroatoms. The molecule has 0 saturated carbocycles. The van der Waals surface area contributed by atoms with Crippen LogP contribution in [0.1, 0.15) is 110 Å². The number of thioether (sulfide) groups is 1. The monoisotopic (exact) mass is 1230 g/mol. The van der Waals surface area contributed by atoms with E-state index in [1.807, 2.05) is 0 Å². The van der Waals surface area contributed by atoms with Gasteiger partial charge in [0.25, 0.3) is 5.91 Å². The van der Waals surface area contributed by atoms with Crippen molar-refractivity contribution in [2.45, 2.75) is 173 Å². The molecule has 0 radical (unpaired) electrons. The number of H-pyrrole nitrogens is 1. The molecule has 0 unspecified atom stereocenters. The molecular formula is C54H85N17O14S. The van der Waals surface area contributed by atoms with Gasteiger partial charge < -0.3 is 80.2 Å². The minimum Gasteiger partial charge on any atom is -0.481 e. The van der Waals surface area contributed by atoms with Gasteiger partial charge in [-0.2, -0.15) is 11.8 Å². The van der Waals surface area contributed by atoms with E-state index < -0.39 is 151 Å². The number of imidazole rings is 1. The van der Waals surface area contributed by atoms with E-state index in [0.29, 0.717) is 22.6 Å². The van der Waals surface area contributed by atoms with Gasteiger partial charge in [0.1, 0.15) is 54.4 Å². The van der Waals surface area contributed by atoms with Gasteiger partial charge in [-0.15, -0.1) is 0 Å². The number of aromatic amines is 1. The number of guanidine groups is 1. The maximum Gasteiger partial charge on any atom is 0.303 e. The highest BCUT2D eigenvalue weighted by Gasteiger charge is 2.36. The Kier molecular flexibility index (Phi) is 30.5. The minimum absolute atomic E-state index is 0.00257. The lowest BCUT2D eigenvalue weighted by atomic mass is 10.0. The van der Waals surface area contributed by atoms with Gasteiger partial charge in [0.2, 0.25) is 59.1 Å². The second kappa shape index (κ2) is 36.5. The number of aliphatic hydroxyl groups is 1. The molecule has 2 heterocycles. The topological polar surface area (TPSA) is 497 Å². The summed E-state index contributed by atoms with van der Waals surface area (Å²) in [6.07, 6.45) is 0.437. The molecule has 1 aromatic heterocycles. The van der Waals surface area contributed by atoms with Crippen molar-refractivity contribution in [1.82, 2.24) is 68.7 Å². The number of carbonyl (C=O) groups is 12. The molecule has 3 rings (SSSR count). The third kappa shape index (κ3) is 26.3. The van der Waals surface area contributed by atoms with Crippen molar-refractivity contribution in [2.75, 3.05) is 18.6 Å².